The van der Waals surface area contributed by atoms with Crippen LogP contribution in [0, 0.1) is 0 Å². The van der Waals surface area contributed by atoms with E-state index >= 15 is 0 Å². The van der Waals surface area contributed by atoms with Gasteiger partial charge in [0.05, 0.1) is 31.2 Å². The van der Waals surface area contributed by atoms with Gasteiger partial charge < -0.3 is 10.1 Å². The highest BCUT2D eigenvalue weighted by molar-refractivity contribution is 5.91. The molecule has 0 atom stereocenters. The zero-order valence-electron chi connectivity index (χ0n) is 12.5. The maximum absolute atomic E-state index is 12.1. The summed E-state index contributed by atoms with van der Waals surface area (Å²) in [4.78, 5) is 16.3. The van der Waals surface area contributed by atoms with Gasteiger partial charge in [0, 0.05) is 12.3 Å². The quantitative estimate of drug-likeness (QED) is 0.774. The van der Waals surface area contributed by atoms with Gasteiger partial charge in [-0.1, -0.05) is 17.3 Å². The summed E-state index contributed by atoms with van der Waals surface area (Å²) >= 11 is 0. The number of pyridine rings is 1. The third-order valence-electron chi connectivity index (χ3n) is 3.20. The minimum atomic E-state index is -0.301. The number of methoxy groups -OCH3 is 1. The first-order valence-corrected chi connectivity index (χ1v) is 7.01. The number of amides is 1. The second kappa shape index (κ2) is 6.69. The van der Waals surface area contributed by atoms with E-state index in [0.29, 0.717) is 12.3 Å². The van der Waals surface area contributed by atoms with Gasteiger partial charge in [-0.15, -0.1) is 5.10 Å². The Morgan fingerprint density at radius 1 is 1.26 bits per heavy atom. The zero-order chi connectivity index (χ0) is 16.1. The van der Waals surface area contributed by atoms with Crippen LogP contribution in [0.5, 0.6) is 5.75 Å². The van der Waals surface area contributed by atoms with E-state index in [1.807, 2.05) is 42.5 Å². The minimum absolute atomic E-state index is 0.240. The topological polar surface area (TPSA) is 81.9 Å². The van der Waals surface area contributed by atoms with E-state index in [1.165, 1.54) is 4.68 Å². The molecule has 1 amide bonds. The van der Waals surface area contributed by atoms with Crippen LogP contribution in [0.1, 0.15) is 16.2 Å². The third-order valence-corrected chi connectivity index (χ3v) is 3.20. The molecule has 2 heterocycles. The summed E-state index contributed by atoms with van der Waals surface area (Å²) in [7, 11) is 1.59. The molecule has 23 heavy (non-hydrogen) atoms. The third kappa shape index (κ3) is 3.52. The molecule has 0 bridgehead atoms. The zero-order valence-corrected chi connectivity index (χ0v) is 12.5. The maximum atomic E-state index is 12.1. The van der Waals surface area contributed by atoms with Gasteiger partial charge in [0.1, 0.15) is 5.75 Å². The number of rotatable bonds is 5. The van der Waals surface area contributed by atoms with Crippen molar-refractivity contribution in [2.75, 3.05) is 7.11 Å². The Hall–Kier alpha value is -3.22. The van der Waals surface area contributed by atoms with Crippen molar-refractivity contribution in [3.63, 3.8) is 0 Å². The first kappa shape index (κ1) is 14.7. The standard InChI is InChI=1S/C16H15N5O2/c1-23-14-7-4-6-13(9-14)21-11-15(19-20-21)16(22)18-10-12-5-2-3-8-17-12/h2-9,11H,10H2,1H3,(H,18,22). The molecule has 7 heteroatoms. The summed E-state index contributed by atoms with van der Waals surface area (Å²) in [6.45, 7) is 0.339. The van der Waals surface area contributed by atoms with Gasteiger partial charge in [-0.25, -0.2) is 4.68 Å². The average Bonchev–Trinajstić information content (AvgIpc) is 3.11. The molecule has 0 spiro atoms. The van der Waals surface area contributed by atoms with Gasteiger partial charge >= 0.3 is 0 Å². The van der Waals surface area contributed by atoms with Gasteiger partial charge in [-0.05, 0) is 24.3 Å². The van der Waals surface area contributed by atoms with E-state index in [2.05, 4.69) is 20.6 Å². The Labute approximate surface area is 132 Å². The Bertz CT molecular complexity index is 801. The summed E-state index contributed by atoms with van der Waals surface area (Å²) in [6, 6.07) is 12.9. The van der Waals surface area contributed by atoms with Crippen LogP contribution in [0.2, 0.25) is 0 Å². The van der Waals surface area contributed by atoms with E-state index < -0.39 is 0 Å². The van der Waals surface area contributed by atoms with E-state index in [-0.39, 0.29) is 11.6 Å². The van der Waals surface area contributed by atoms with Crippen molar-refractivity contribution in [3.05, 3.63) is 66.2 Å². The van der Waals surface area contributed by atoms with E-state index in [9.17, 15) is 4.79 Å². The van der Waals surface area contributed by atoms with Crippen LogP contribution < -0.4 is 10.1 Å². The van der Waals surface area contributed by atoms with Crippen LogP contribution in [-0.4, -0.2) is 33.0 Å². The lowest BCUT2D eigenvalue weighted by molar-refractivity contribution is 0.0945. The Balaban J connectivity index is 1.69. The van der Waals surface area contributed by atoms with Crippen LogP contribution in [0.25, 0.3) is 5.69 Å². The fourth-order valence-corrected chi connectivity index (χ4v) is 2.01. The van der Waals surface area contributed by atoms with Gasteiger partial charge in [0.2, 0.25) is 0 Å². The molecule has 116 valence electrons. The fraction of sp³-hybridized carbons (Fsp3) is 0.125. The summed E-state index contributed by atoms with van der Waals surface area (Å²) in [5.74, 6) is 0.406. The van der Waals surface area contributed by atoms with Crippen molar-refractivity contribution in [2.45, 2.75) is 6.54 Å². The molecule has 0 aliphatic carbocycles. The molecule has 0 saturated heterocycles. The molecule has 0 aliphatic rings. The summed E-state index contributed by atoms with van der Waals surface area (Å²) in [5, 5.41) is 10.6. The SMILES string of the molecule is COc1cccc(-n2cc(C(=O)NCc3ccccn3)nn2)c1. The Morgan fingerprint density at radius 3 is 2.96 bits per heavy atom. The highest BCUT2D eigenvalue weighted by atomic mass is 16.5. The van der Waals surface area contributed by atoms with Crippen molar-refractivity contribution in [2.24, 2.45) is 0 Å². The van der Waals surface area contributed by atoms with Crippen molar-refractivity contribution < 1.29 is 9.53 Å². The second-order valence-corrected chi connectivity index (χ2v) is 4.75. The number of ether oxygens (including phenoxy) is 1. The molecule has 0 radical (unpaired) electrons. The van der Waals surface area contributed by atoms with Gasteiger partial charge in [-0.2, -0.15) is 0 Å². The molecule has 3 rings (SSSR count). The average molecular weight is 309 g/mol. The van der Waals surface area contributed by atoms with Crippen molar-refractivity contribution in [1.29, 1.82) is 0 Å². The number of hydrogen-bond donors (Lipinski definition) is 1. The van der Waals surface area contributed by atoms with Crippen molar-refractivity contribution >= 4 is 5.91 Å². The molecule has 1 N–H and O–H groups in total. The van der Waals surface area contributed by atoms with Gasteiger partial charge in [0.15, 0.2) is 5.69 Å². The number of aromatic nitrogens is 4. The van der Waals surface area contributed by atoms with Crippen LogP contribution in [0.15, 0.2) is 54.9 Å². The molecule has 0 aliphatic heterocycles. The summed E-state index contributed by atoms with van der Waals surface area (Å²) in [6.07, 6.45) is 3.25. The Kier molecular flexibility index (Phi) is 4.28. The molecule has 7 nitrogen and oxygen atoms in total. The van der Waals surface area contributed by atoms with Crippen LogP contribution in [0.4, 0.5) is 0 Å². The normalized spacial score (nSPS) is 10.3. The lowest BCUT2D eigenvalue weighted by atomic mass is 10.3. The van der Waals surface area contributed by atoms with Crippen molar-refractivity contribution in [3.8, 4) is 11.4 Å². The van der Waals surface area contributed by atoms with Gasteiger partial charge in [-0.3, -0.25) is 9.78 Å². The number of benzene rings is 1. The molecule has 1 aromatic carbocycles. The predicted octanol–water partition coefficient (Wildman–Crippen LogP) is 1.60. The molecule has 3 aromatic rings. The smallest absolute Gasteiger partial charge is 0.273 e. The summed E-state index contributed by atoms with van der Waals surface area (Å²) < 4.78 is 6.70. The van der Waals surface area contributed by atoms with Crippen LogP contribution >= 0.6 is 0 Å². The Morgan fingerprint density at radius 2 is 2.17 bits per heavy atom. The summed E-state index contributed by atoms with van der Waals surface area (Å²) in [5.41, 5.74) is 1.78. The molecular formula is C16H15N5O2. The largest absolute Gasteiger partial charge is 0.497 e. The number of hydrogen-bond acceptors (Lipinski definition) is 5. The fourth-order valence-electron chi connectivity index (χ4n) is 2.01. The van der Waals surface area contributed by atoms with Crippen molar-refractivity contribution in [1.82, 2.24) is 25.3 Å². The highest BCUT2D eigenvalue weighted by Gasteiger charge is 2.11. The first-order chi connectivity index (χ1) is 11.3. The monoisotopic (exact) mass is 309 g/mol. The predicted molar refractivity (Wildman–Crippen MR) is 83.3 cm³/mol. The lowest BCUT2D eigenvalue weighted by Gasteiger charge is -2.03. The van der Waals surface area contributed by atoms with Gasteiger partial charge in [0.25, 0.3) is 5.91 Å². The van der Waals surface area contributed by atoms with Crippen LogP contribution in [0.3, 0.4) is 0 Å². The van der Waals surface area contributed by atoms with Crippen LogP contribution in [-0.2, 0) is 6.54 Å². The number of carbonyl (C=O) groups is 1. The first-order valence-electron chi connectivity index (χ1n) is 7.01. The second-order valence-electron chi connectivity index (χ2n) is 4.75. The molecule has 0 saturated carbocycles. The molecular weight excluding hydrogens is 294 g/mol. The van der Waals surface area contributed by atoms with E-state index in [4.69, 9.17) is 4.74 Å². The maximum Gasteiger partial charge on any atom is 0.273 e. The lowest BCUT2D eigenvalue weighted by Crippen LogP contribution is -2.23. The highest BCUT2D eigenvalue weighted by Crippen LogP contribution is 2.15. The number of nitrogens with one attached hydrogen (secondary N) is 1. The molecule has 2 aromatic heterocycles. The molecule has 0 fully saturated rings. The van der Waals surface area contributed by atoms with E-state index in [1.54, 1.807) is 19.5 Å². The minimum Gasteiger partial charge on any atom is -0.497 e. The number of nitrogens with zero attached hydrogens (tertiary/aromatic N) is 4. The number of carbonyl (C=O) groups excluding carboxylic acids is 1. The van der Waals surface area contributed by atoms with E-state index in [0.717, 1.165) is 11.4 Å². The molecule has 0 unspecified atom stereocenters.